The van der Waals surface area contributed by atoms with E-state index in [0.29, 0.717) is 19.8 Å². The molecule has 0 saturated heterocycles. The summed E-state index contributed by atoms with van der Waals surface area (Å²) < 4.78 is 22.0. The Morgan fingerprint density at radius 1 is 0.491 bits per heavy atom. The number of benzene rings is 4. The lowest BCUT2D eigenvalue weighted by Gasteiger charge is -2.63. The van der Waals surface area contributed by atoms with Crippen molar-refractivity contribution in [3.05, 3.63) is 121 Å². The Morgan fingerprint density at radius 2 is 0.855 bits per heavy atom. The van der Waals surface area contributed by atoms with Gasteiger partial charge in [0.15, 0.2) is 0 Å². The predicted molar refractivity (Wildman–Crippen MR) is 235 cm³/mol. The third kappa shape index (κ3) is 7.64. The third-order valence-corrected chi connectivity index (χ3v) is 23.6. The molecule has 55 heavy (non-hydrogen) atoms. The van der Waals surface area contributed by atoms with E-state index in [1.807, 2.05) is 7.11 Å². The molecule has 6 heteroatoms. The van der Waals surface area contributed by atoms with Crippen LogP contribution in [-0.4, -0.2) is 53.9 Å². The van der Waals surface area contributed by atoms with Crippen molar-refractivity contribution in [2.24, 2.45) is 16.2 Å². The summed E-state index contributed by atoms with van der Waals surface area (Å²) in [4.78, 5) is 0. The number of aliphatic hydroxyl groups is 1. The highest BCUT2D eigenvalue weighted by molar-refractivity contribution is 7.00. The Morgan fingerprint density at radius 3 is 1.22 bits per heavy atom. The summed E-state index contributed by atoms with van der Waals surface area (Å²) in [6.45, 7) is 15.6. The first-order valence-corrected chi connectivity index (χ1v) is 24.8. The number of hydrogen-bond acceptors (Lipinski definition) is 4. The Bertz CT molecular complexity index is 1670. The smallest absolute Gasteiger partial charge is 0.288 e. The fraction of sp³-hybridized carbons (Fsp3) is 0.510. The molecule has 2 aliphatic carbocycles. The molecule has 0 amide bonds. The number of methoxy groups -OCH3 is 1. The average molecular weight is 777 g/mol. The fourth-order valence-corrected chi connectivity index (χ4v) is 21.3. The van der Waals surface area contributed by atoms with Crippen molar-refractivity contribution in [3.63, 3.8) is 0 Å². The molecule has 2 fully saturated rings. The first kappa shape index (κ1) is 41.8. The van der Waals surface area contributed by atoms with Gasteiger partial charge in [0.05, 0.1) is 6.61 Å². The zero-order valence-electron chi connectivity index (χ0n) is 34.9. The first-order valence-electron chi connectivity index (χ1n) is 21.0. The van der Waals surface area contributed by atoms with Crippen LogP contribution in [0.15, 0.2) is 121 Å². The van der Waals surface area contributed by atoms with Crippen LogP contribution in [-0.2, 0) is 13.6 Å². The molecule has 4 aromatic carbocycles. The van der Waals surface area contributed by atoms with Crippen molar-refractivity contribution < 1.29 is 18.7 Å². The summed E-state index contributed by atoms with van der Waals surface area (Å²) in [7, 11) is -4.75. The van der Waals surface area contributed by atoms with Crippen molar-refractivity contribution in [2.75, 3.05) is 26.9 Å². The second-order valence-corrected chi connectivity index (χ2v) is 26.8. The summed E-state index contributed by atoms with van der Waals surface area (Å²) in [6.07, 6.45) is 10.8. The van der Waals surface area contributed by atoms with E-state index in [-0.39, 0.29) is 10.5 Å². The van der Waals surface area contributed by atoms with Gasteiger partial charge < -0.3 is 18.7 Å². The molecule has 4 nitrogen and oxygen atoms in total. The molecule has 0 radical (unpaired) electrons. The van der Waals surface area contributed by atoms with Crippen LogP contribution in [0.4, 0.5) is 0 Å². The Balaban J connectivity index is 1.63. The molecule has 1 N–H and O–H groups in total. The normalized spacial score (nSPS) is 19.1. The van der Waals surface area contributed by atoms with Gasteiger partial charge in [-0.25, -0.2) is 0 Å². The molecular weight excluding hydrogens is 709 g/mol. The van der Waals surface area contributed by atoms with Gasteiger partial charge in [-0.1, -0.05) is 201 Å². The Labute approximate surface area is 335 Å². The van der Waals surface area contributed by atoms with Crippen LogP contribution in [0.5, 0.6) is 0 Å². The molecule has 1 unspecified atom stereocenters. The summed E-state index contributed by atoms with van der Waals surface area (Å²) in [6, 6.07) is 43.8. The molecule has 6 rings (SSSR count). The standard InChI is InChI=1S/C49H68O4Si2/c1-45(2,3)49(50,55(43-30-18-10-19-31-43,44-32-20-11-21-33-44)52-39-47(38-51-7)34-22-12-23-35-47)48(36-24-13-25-37-48)40-53-54(46(4,5)6,41-26-14-8-15-27-41)42-28-16-9-17-29-42/h8-11,14-21,26-33,50H,12-13,22-25,34-40H2,1-7H3. The molecule has 0 aromatic heterocycles. The van der Waals surface area contributed by atoms with Gasteiger partial charge in [-0.3, -0.25) is 0 Å². The third-order valence-electron chi connectivity index (χ3n) is 13.5. The van der Waals surface area contributed by atoms with E-state index in [1.54, 1.807) is 0 Å². The number of rotatable bonds is 14. The van der Waals surface area contributed by atoms with E-state index < -0.39 is 32.7 Å². The van der Waals surface area contributed by atoms with Gasteiger partial charge in [0.25, 0.3) is 16.6 Å². The highest BCUT2D eigenvalue weighted by atomic mass is 28.4. The lowest BCUT2D eigenvalue weighted by molar-refractivity contribution is -0.143. The number of hydrogen-bond donors (Lipinski definition) is 1. The van der Waals surface area contributed by atoms with E-state index in [1.165, 1.54) is 29.6 Å². The predicted octanol–water partition coefficient (Wildman–Crippen LogP) is 9.20. The summed E-state index contributed by atoms with van der Waals surface area (Å²) in [5.41, 5.74) is -1.29. The molecule has 1 atom stereocenters. The monoisotopic (exact) mass is 776 g/mol. The van der Waals surface area contributed by atoms with E-state index in [2.05, 4.69) is 163 Å². The van der Waals surface area contributed by atoms with E-state index >= 15 is 0 Å². The van der Waals surface area contributed by atoms with Crippen LogP contribution in [0.1, 0.15) is 106 Å². The van der Waals surface area contributed by atoms with Crippen LogP contribution < -0.4 is 20.7 Å². The fourth-order valence-electron chi connectivity index (χ4n) is 10.9. The molecule has 4 aromatic rings. The van der Waals surface area contributed by atoms with Crippen LogP contribution in [0.2, 0.25) is 5.04 Å². The SMILES string of the molecule is COCC1(CO[Si](c2ccccc2)(c2ccccc2)C(O)(C(C)(C)C)C2(CO[Si](c3ccccc3)(c3ccccc3)C(C)(C)C)CCCCC2)CCCCC1. The van der Waals surface area contributed by atoms with Crippen molar-refractivity contribution in [1.29, 1.82) is 0 Å². The maximum Gasteiger partial charge on any atom is 0.288 e. The zero-order chi connectivity index (χ0) is 39.3. The topological polar surface area (TPSA) is 47.9 Å². The molecule has 0 bridgehead atoms. The van der Waals surface area contributed by atoms with Crippen LogP contribution in [0.3, 0.4) is 0 Å². The second kappa shape index (κ2) is 16.9. The average Bonchev–Trinajstić information content (AvgIpc) is 3.20. The van der Waals surface area contributed by atoms with Gasteiger partial charge in [0, 0.05) is 31.2 Å². The highest BCUT2D eigenvalue weighted by Gasteiger charge is 2.72. The summed E-state index contributed by atoms with van der Waals surface area (Å²) >= 11 is 0. The zero-order valence-corrected chi connectivity index (χ0v) is 36.9. The quantitative estimate of drug-likeness (QED) is 0.130. The molecular formula is C49H68O4Si2. The Kier molecular flexibility index (Phi) is 12.9. The van der Waals surface area contributed by atoms with E-state index in [9.17, 15) is 5.11 Å². The maximum atomic E-state index is 15.0. The number of ether oxygens (including phenoxy) is 1. The van der Waals surface area contributed by atoms with Gasteiger partial charge in [-0.05, 0) is 56.9 Å². The van der Waals surface area contributed by atoms with Gasteiger partial charge in [-0.2, -0.15) is 0 Å². The van der Waals surface area contributed by atoms with E-state index in [0.717, 1.165) is 55.3 Å². The summed E-state index contributed by atoms with van der Waals surface area (Å²) in [5, 5.41) is 18.3. The van der Waals surface area contributed by atoms with Crippen LogP contribution in [0, 0.1) is 16.2 Å². The molecule has 2 aliphatic rings. The van der Waals surface area contributed by atoms with Gasteiger partial charge in [0.1, 0.15) is 5.22 Å². The minimum Gasteiger partial charge on any atom is -0.407 e. The molecule has 0 heterocycles. The van der Waals surface area contributed by atoms with E-state index in [4.69, 9.17) is 13.6 Å². The van der Waals surface area contributed by atoms with Crippen LogP contribution >= 0.6 is 0 Å². The van der Waals surface area contributed by atoms with Crippen molar-refractivity contribution in [1.82, 2.24) is 0 Å². The second-order valence-electron chi connectivity index (χ2n) is 18.9. The lowest BCUT2D eigenvalue weighted by atomic mass is 9.63. The molecule has 0 spiro atoms. The molecule has 296 valence electrons. The minimum absolute atomic E-state index is 0.0985. The first-order chi connectivity index (χ1) is 26.3. The van der Waals surface area contributed by atoms with Crippen LogP contribution in [0.25, 0.3) is 0 Å². The highest BCUT2D eigenvalue weighted by Crippen LogP contribution is 2.57. The largest absolute Gasteiger partial charge is 0.407 e. The van der Waals surface area contributed by atoms with Gasteiger partial charge >= 0.3 is 0 Å². The van der Waals surface area contributed by atoms with Crippen molar-refractivity contribution >= 4 is 37.4 Å². The van der Waals surface area contributed by atoms with Gasteiger partial charge in [-0.15, -0.1) is 0 Å². The maximum absolute atomic E-state index is 15.0. The summed E-state index contributed by atoms with van der Waals surface area (Å²) in [5.74, 6) is 0. The van der Waals surface area contributed by atoms with Crippen molar-refractivity contribution in [2.45, 2.75) is 116 Å². The van der Waals surface area contributed by atoms with Gasteiger partial charge in [0.2, 0.25) is 0 Å². The lowest BCUT2D eigenvalue weighted by Crippen LogP contribution is -2.85. The van der Waals surface area contributed by atoms with Crippen molar-refractivity contribution in [3.8, 4) is 0 Å². The molecule has 0 aliphatic heterocycles. The Hall–Kier alpha value is -2.85. The molecule has 2 saturated carbocycles. The minimum atomic E-state index is -3.62.